The van der Waals surface area contributed by atoms with Crippen LogP contribution in [0.4, 0.5) is 5.13 Å². The van der Waals surface area contributed by atoms with Crippen molar-refractivity contribution in [3.05, 3.63) is 10.6 Å². The summed E-state index contributed by atoms with van der Waals surface area (Å²) in [6.07, 6.45) is 5.21. The molecule has 0 unspecified atom stereocenters. The van der Waals surface area contributed by atoms with Crippen molar-refractivity contribution in [3.63, 3.8) is 0 Å². The normalized spacial score (nSPS) is 18.8. The predicted octanol–water partition coefficient (Wildman–Crippen LogP) is 4.13. The topological polar surface area (TPSA) is 42.2 Å². The maximum absolute atomic E-state index is 5.87. The first kappa shape index (κ1) is 15.8. The van der Waals surface area contributed by atoms with Gasteiger partial charge in [-0.25, -0.2) is 4.98 Å². The van der Waals surface area contributed by atoms with E-state index in [-0.39, 0.29) is 0 Å². The Morgan fingerprint density at radius 1 is 1.25 bits per heavy atom. The summed E-state index contributed by atoms with van der Waals surface area (Å²) >= 11 is 1.80. The van der Waals surface area contributed by atoms with Gasteiger partial charge in [-0.1, -0.05) is 40.5 Å². The highest BCUT2D eigenvalue weighted by molar-refractivity contribution is 7.15. The second kappa shape index (κ2) is 6.44. The van der Waals surface area contributed by atoms with Gasteiger partial charge in [0.05, 0.1) is 5.69 Å². The molecule has 3 nitrogen and oxygen atoms in total. The van der Waals surface area contributed by atoms with Crippen molar-refractivity contribution in [2.24, 2.45) is 11.1 Å². The van der Waals surface area contributed by atoms with Crippen molar-refractivity contribution in [3.8, 4) is 0 Å². The number of hydrogen-bond acceptors (Lipinski definition) is 4. The maximum Gasteiger partial charge on any atom is 0.185 e. The molecule has 20 heavy (non-hydrogen) atoms. The van der Waals surface area contributed by atoms with Crippen LogP contribution in [0.25, 0.3) is 0 Å². The van der Waals surface area contributed by atoms with Crippen LogP contribution in [0, 0.1) is 5.41 Å². The van der Waals surface area contributed by atoms with Gasteiger partial charge < -0.3 is 10.6 Å². The molecule has 1 aromatic heterocycles. The molecule has 2 heterocycles. The largest absolute Gasteiger partial charge is 0.348 e. The minimum Gasteiger partial charge on any atom is -0.348 e. The van der Waals surface area contributed by atoms with Crippen LogP contribution in [0.15, 0.2) is 0 Å². The average molecular weight is 295 g/mol. The Bertz CT molecular complexity index is 425. The van der Waals surface area contributed by atoms with Crippen molar-refractivity contribution in [2.75, 3.05) is 18.0 Å². The fraction of sp³-hybridized carbons (Fsp3) is 0.812. The molecule has 2 rings (SSSR count). The lowest BCUT2D eigenvalue weighted by atomic mass is 9.74. The molecular formula is C16H29N3S. The molecule has 0 saturated carbocycles. The third-order valence-corrected chi connectivity index (χ3v) is 6.20. The Balaban J connectivity index is 2.11. The number of anilines is 1. The SMILES string of the molecule is CCC1(CC)CCN(c2nc(C(C)C)c(CN)s2)CC1. The lowest BCUT2D eigenvalue weighted by molar-refractivity contribution is 0.199. The number of piperidine rings is 1. The number of thiazole rings is 1. The number of hydrogen-bond donors (Lipinski definition) is 1. The summed E-state index contributed by atoms with van der Waals surface area (Å²) in [6, 6.07) is 0. The van der Waals surface area contributed by atoms with Crippen molar-refractivity contribution >= 4 is 16.5 Å². The molecule has 1 aliphatic heterocycles. The number of nitrogens with zero attached hydrogens (tertiary/aromatic N) is 2. The Morgan fingerprint density at radius 2 is 1.85 bits per heavy atom. The zero-order valence-corrected chi connectivity index (χ0v) is 14.2. The van der Waals surface area contributed by atoms with Crippen LogP contribution in [-0.4, -0.2) is 18.1 Å². The number of aromatic nitrogens is 1. The van der Waals surface area contributed by atoms with Crippen LogP contribution in [-0.2, 0) is 6.54 Å². The van der Waals surface area contributed by atoms with E-state index in [4.69, 9.17) is 10.7 Å². The molecule has 0 radical (unpaired) electrons. The van der Waals surface area contributed by atoms with E-state index < -0.39 is 0 Å². The van der Waals surface area contributed by atoms with Crippen molar-refractivity contribution in [1.82, 2.24) is 4.98 Å². The molecule has 2 N–H and O–H groups in total. The summed E-state index contributed by atoms with van der Waals surface area (Å²) in [5, 5.41) is 1.19. The van der Waals surface area contributed by atoms with E-state index in [9.17, 15) is 0 Å². The molecular weight excluding hydrogens is 266 g/mol. The molecule has 0 atom stereocenters. The van der Waals surface area contributed by atoms with Crippen LogP contribution >= 0.6 is 11.3 Å². The Kier molecular flexibility index (Phi) is 5.08. The van der Waals surface area contributed by atoms with Crippen LogP contribution in [0.5, 0.6) is 0 Å². The summed E-state index contributed by atoms with van der Waals surface area (Å²) in [4.78, 5) is 8.60. The highest BCUT2D eigenvalue weighted by Crippen LogP contribution is 2.40. The predicted molar refractivity (Wildman–Crippen MR) is 88.6 cm³/mol. The summed E-state index contributed by atoms with van der Waals surface area (Å²) in [6.45, 7) is 12.0. The minimum atomic E-state index is 0.466. The lowest BCUT2D eigenvalue weighted by Crippen LogP contribution is -2.39. The first-order valence-corrected chi connectivity index (χ1v) is 8.81. The monoisotopic (exact) mass is 295 g/mol. The molecule has 0 amide bonds. The van der Waals surface area contributed by atoms with Crippen molar-refractivity contribution in [2.45, 2.75) is 65.8 Å². The molecule has 1 aliphatic rings. The molecule has 1 fully saturated rings. The fourth-order valence-electron chi connectivity index (χ4n) is 3.21. The Hall–Kier alpha value is -0.610. The van der Waals surface area contributed by atoms with E-state index in [0.717, 1.165) is 13.1 Å². The van der Waals surface area contributed by atoms with Crippen LogP contribution in [0.3, 0.4) is 0 Å². The van der Waals surface area contributed by atoms with Gasteiger partial charge in [-0.3, -0.25) is 0 Å². The standard InChI is InChI=1S/C16H29N3S/c1-5-16(6-2)7-9-19(10-8-16)15-18-14(12(3)4)13(11-17)20-15/h12H,5-11,17H2,1-4H3. The third kappa shape index (κ3) is 3.01. The van der Waals surface area contributed by atoms with Gasteiger partial charge in [0.2, 0.25) is 0 Å². The van der Waals surface area contributed by atoms with Gasteiger partial charge in [-0.15, -0.1) is 11.3 Å². The number of nitrogens with two attached hydrogens (primary N) is 1. The van der Waals surface area contributed by atoms with E-state index >= 15 is 0 Å². The molecule has 4 heteroatoms. The van der Waals surface area contributed by atoms with E-state index in [0.29, 0.717) is 17.9 Å². The van der Waals surface area contributed by atoms with Crippen LogP contribution in [0.1, 0.15) is 69.9 Å². The summed E-state index contributed by atoms with van der Waals surface area (Å²) in [5.41, 5.74) is 7.65. The summed E-state index contributed by atoms with van der Waals surface area (Å²) < 4.78 is 0. The van der Waals surface area contributed by atoms with Crippen molar-refractivity contribution < 1.29 is 0 Å². The third-order valence-electron chi connectivity index (χ3n) is 5.04. The molecule has 0 bridgehead atoms. The van der Waals surface area contributed by atoms with Crippen LogP contribution in [0.2, 0.25) is 0 Å². The van der Waals surface area contributed by atoms with Gasteiger partial charge >= 0.3 is 0 Å². The lowest BCUT2D eigenvalue weighted by Gasteiger charge is -2.41. The van der Waals surface area contributed by atoms with Gasteiger partial charge in [-0.2, -0.15) is 0 Å². The first-order valence-electron chi connectivity index (χ1n) is 8.00. The highest BCUT2D eigenvalue weighted by Gasteiger charge is 2.32. The van der Waals surface area contributed by atoms with Gasteiger partial charge in [0.1, 0.15) is 0 Å². The number of rotatable bonds is 5. The molecule has 114 valence electrons. The van der Waals surface area contributed by atoms with Crippen molar-refractivity contribution in [1.29, 1.82) is 0 Å². The maximum atomic E-state index is 5.87. The highest BCUT2D eigenvalue weighted by atomic mass is 32.1. The zero-order valence-electron chi connectivity index (χ0n) is 13.4. The van der Waals surface area contributed by atoms with Gasteiger partial charge in [0.25, 0.3) is 0 Å². The second-order valence-corrected chi connectivity index (χ2v) is 7.42. The quantitative estimate of drug-likeness (QED) is 0.888. The second-order valence-electron chi connectivity index (χ2n) is 6.36. The first-order chi connectivity index (χ1) is 9.55. The van der Waals surface area contributed by atoms with Gasteiger partial charge in [0.15, 0.2) is 5.13 Å². The van der Waals surface area contributed by atoms with E-state index in [1.807, 2.05) is 0 Å². The molecule has 0 spiro atoms. The minimum absolute atomic E-state index is 0.466. The van der Waals surface area contributed by atoms with E-state index in [1.54, 1.807) is 11.3 Å². The summed E-state index contributed by atoms with van der Waals surface area (Å²) in [7, 11) is 0. The van der Waals surface area contributed by atoms with E-state index in [2.05, 4.69) is 32.6 Å². The zero-order chi connectivity index (χ0) is 14.8. The van der Waals surface area contributed by atoms with Gasteiger partial charge in [-0.05, 0) is 24.2 Å². The van der Waals surface area contributed by atoms with E-state index in [1.165, 1.54) is 41.4 Å². The summed E-state index contributed by atoms with van der Waals surface area (Å²) in [5.74, 6) is 0.466. The average Bonchev–Trinajstić information content (AvgIpc) is 2.92. The molecule has 0 aliphatic carbocycles. The fourth-order valence-corrected chi connectivity index (χ4v) is 4.36. The van der Waals surface area contributed by atoms with Crippen LogP contribution < -0.4 is 10.6 Å². The molecule has 1 saturated heterocycles. The smallest absolute Gasteiger partial charge is 0.185 e. The van der Waals surface area contributed by atoms with Gasteiger partial charge in [0, 0.05) is 24.5 Å². The molecule has 0 aromatic carbocycles. The Morgan fingerprint density at radius 3 is 2.25 bits per heavy atom. The Labute approximate surface area is 127 Å². The molecule has 1 aromatic rings.